The minimum Gasteiger partial charge on any atom is -0.507 e. The molecule has 0 saturated carbocycles. The lowest BCUT2D eigenvalue weighted by molar-refractivity contribution is 0.480. The molecule has 0 saturated heterocycles. The Morgan fingerprint density at radius 2 is 1.77 bits per heavy atom. The number of aromatic hydroxyl groups is 1. The van der Waals surface area contributed by atoms with Crippen molar-refractivity contribution in [2.24, 2.45) is 0 Å². The van der Waals surface area contributed by atoms with Crippen LogP contribution in [0.3, 0.4) is 0 Å². The summed E-state index contributed by atoms with van der Waals surface area (Å²) in [6.07, 6.45) is 0. The summed E-state index contributed by atoms with van der Waals surface area (Å²) in [5.41, 5.74) is 3.01. The molecule has 1 heterocycles. The highest BCUT2D eigenvalue weighted by atomic mass is 35.5. The summed E-state index contributed by atoms with van der Waals surface area (Å²) in [4.78, 5) is 16.1. The fraction of sp³-hybridized carbons (Fsp3) is 0.118. The Morgan fingerprint density at radius 1 is 1.09 bits per heavy atom. The Bertz CT molecular complexity index is 899. The number of hydrogen-bond acceptors (Lipinski definition) is 3. The maximum atomic E-state index is 11.4. The van der Waals surface area contributed by atoms with Crippen LogP contribution in [-0.4, -0.2) is 24.2 Å². The fourth-order valence-electron chi connectivity index (χ4n) is 2.42. The number of halogens is 1. The summed E-state index contributed by atoms with van der Waals surface area (Å²) in [7, 11) is 3.96. The predicted molar refractivity (Wildman–Crippen MR) is 91.0 cm³/mol. The van der Waals surface area contributed by atoms with Gasteiger partial charge < -0.3 is 15.0 Å². The Balaban J connectivity index is 2.18. The molecule has 0 aliphatic carbocycles. The molecule has 1 aromatic heterocycles. The minimum absolute atomic E-state index is 0.0541. The van der Waals surface area contributed by atoms with Crippen molar-refractivity contribution in [1.82, 2.24) is 4.98 Å². The Kier molecular flexibility index (Phi) is 3.54. The fourth-order valence-corrected chi connectivity index (χ4v) is 2.69. The van der Waals surface area contributed by atoms with E-state index in [0.29, 0.717) is 15.9 Å². The smallest absolute Gasteiger partial charge is 0.252 e. The van der Waals surface area contributed by atoms with Crippen molar-refractivity contribution in [1.29, 1.82) is 0 Å². The number of nitrogens with one attached hydrogen (secondary N) is 1. The van der Waals surface area contributed by atoms with Crippen molar-refractivity contribution in [3.63, 3.8) is 0 Å². The summed E-state index contributed by atoms with van der Waals surface area (Å²) >= 11 is 6.33. The summed E-state index contributed by atoms with van der Waals surface area (Å²) in [6.45, 7) is 0. The monoisotopic (exact) mass is 314 g/mol. The topological polar surface area (TPSA) is 56.3 Å². The van der Waals surface area contributed by atoms with E-state index in [1.807, 2.05) is 43.3 Å². The number of benzene rings is 2. The quantitative estimate of drug-likeness (QED) is 0.759. The molecule has 2 N–H and O–H groups in total. The highest BCUT2D eigenvalue weighted by Crippen LogP contribution is 2.34. The summed E-state index contributed by atoms with van der Waals surface area (Å²) in [6, 6.07) is 12.6. The van der Waals surface area contributed by atoms with E-state index in [9.17, 15) is 9.90 Å². The number of aromatic amines is 1. The van der Waals surface area contributed by atoms with E-state index in [2.05, 4.69) is 4.98 Å². The first-order chi connectivity index (χ1) is 10.5. The molecular formula is C17H15ClN2O2. The van der Waals surface area contributed by atoms with E-state index >= 15 is 0 Å². The molecule has 2 aromatic carbocycles. The molecule has 112 valence electrons. The van der Waals surface area contributed by atoms with Gasteiger partial charge in [-0.2, -0.15) is 0 Å². The van der Waals surface area contributed by atoms with Crippen molar-refractivity contribution >= 4 is 28.2 Å². The first-order valence-corrected chi connectivity index (χ1v) is 7.17. The summed E-state index contributed by atoms with van der Waals surface area (Å²) in [5, 5.41) is 11.0. The zero-order valence-electron chi connectivity index (χ0n) is 12.2. The SMILES string of the molecule is CN(C)c1ccc(-c2cc3c(O)cc(=O)[nH]c3cc2Cl)cc1. The number of H-pyrrole nitrogens is 1. The number of fused-ring (bicyclic) bond motifs is 1. The molecule has 22 heavy (non-hydrogen) atoms. The zero-order valence-corrected chi connectivity index (χ0v) is 13.0. The second-order valence-electron chi connectivity index (χ2n) is 5.34. The van der Waals surface area contributed by atoms with Crippen LogP contribution in [0.1, 0.15) is 0 Å². The summed E-state index contributed by atoms with van der Waals surface area (Å²) in [5.74, 6) is -0.0541. The molecule has 4 nitrogen and oxygen atoms in total. The van der Waals surface area contributed by atoms with Gasteiger partial charge in [-0.25, -0.2) is 0 Å². The zero-order chi connectivity index (χ0) is 15.9. The average Bonchev–Trinajstić information content (AvgIpc) is 2.46. The molecule has 0 atom stereocenters. The molecule has 0 amide bonds. The van der Waals surface area contributed by atoms with Gasteiger partial charge in [-0.1, -0.05) is 23.7 Å². The lowest BCUT2D eigenvalue weighted by Crippen LogP contribution is -2.07. The third-order valence-corrected chi connectivity index (χ3v) is 3.92. The number of nitrogens with zero attached hydrogens (tertiary/aromatic N) is 1. The lowest BCUT2D eigenvalue weighted by Gasteiger charge is -2.13. The molecule has 0 radical (unpaired) electrons. The highest BCUT2D eigenvalue weighted by Gasteiger charge is 2.10. The molecule has 0 aliphatic rings. The standard InChI is InChI=1S/C17H15ClN2O2/c1-20(2)11-5-3-10(4-6-11)12-7-13-15(8-14(12)18)19-17(22)9-16(13)21/h3-9H,1-2H3,(H2,19,21,22). The van der Waals surface area contributed by atoms with E-state index < -0.39 is 0 Å². The molecule has 0 aliphatic heterocycles. The molecule has 5 heteroatoms. The van der Waals surface area contributed by atoms with Gasteiger partial charge in [0.2, 0.25) is 0 Å². The van der Waals surface area contributed by atoms with Gasteiger partial charge in [0.15, 0.2) is 0 Å². The molecule has 3 rings (SSSR count). The van der Waals surface area contributed by atoms with Crippen LogP contribution in [0.25, 0.3) is 22.0 Å². The molecule has 0 spiro atoms. The van der Waals surface area contributed by atoms with Crippen molar-refractivity contribution < 1.29 is 5.11 Å². The van der Waals surface area contributed by atoms with E-state index in [4.69, 9.17) is 11.6 Å². The van der Waals surface area contributed by atoms with E-state index in [1.165, 1.54) is 0 Å². The number of rotatable bonds is 2. The van der Waals surface area contributed by atoms with Crippen LogP contribution in [0.15, 0.2) is 47.3 Å². The van der Waals surface area contributed by atoms with Crippen LogP contribution in [0, 0.1) is 0 Å². The number of anilines is 1. The summed E-state index contributed by atoms with van der Waals surface area (Å²) < 4.78 is 0. The van der Waals surface area contributed by atoms with Gasteiger partial charge >= 0.3 is 0 Å². The van der Waals surface area contributed by atoms with Gasteiger partial charge in [-0.15, -0.1) is 0 Å². The van der Waals surface area contributed by atoms with Gasteiger partial charge in [-0.3, -0.25) is 4.79 Å². The second-order valence-corrected chi connectivity index (χ2v) is 5.74. The maximum Gasteiger partial charge on any atom is 0.252 e. The molecular weight excluding hydrogens is 300 g/mol. The predicted octanol–water partition coefficient (Wildman–Crippen LogP) is 3.62. The van der Waals surface area contributed by atoms with Crippen molar-refractivity contribution in [3.05, 3.63) is 57.8 Å². The van der Waals surface area contributed by atoms with Crippen molar-refractivity contribution in [2.75, 3.05) is 19.0 Å². The average molecular weight is 315 g/mol. The Labute approximate surface area is 132 Å². The minimum atomic E-state index is -0.357. The van der Waals surface area contributed by atoms with Crippen LogP contribution in [0.2, 0.25) is 5.02 Å². The maximum absolute atomic E-state index is 11.4. The van der Waals surface area contributed by atoms with Crippen LogP contribution in [0.4, 0.5) is 5.69 Å². The van der Waals surface area contributed by atoms with E-state index in [0.717, 1.165) is 22.9 Å². The van der Waals surface area contributed by atoms with Crippen LogP contribution >= 0.6 is 11.6 Å². The van der Waals surface area contributed by atoms with Crippen LogP contribution < -0.4 is 10.5 Å². The number of aromatic nitrogens is 1. The van der Waals surface area contributed by atoms with Gasteiger partial charge in [0.05, 0.1) is 10.5 Å². The second kappa shape index (κ2) is 5.39. The van der Waals surface area contributed by atoms with Crippen LogP contribution in [-0.2, 0) is 0 Å². The highest BCUT2D eigenvalue weighted by molar-refractivity contribution is 6.34. The van der Waals surface area contributed by atoms with Crippen LogP contribution in [0.5, 0.6) is 5.75 Å². The third-order valence-electron chi connectivity index (χ3n) is 3.60. The molecule has 0 unspecified atom stereocenters. The third kappa shape index (κ3) is 2.53. The largest absolute Gasteiger partial charge is 0.507 e. The first-order valence-electron chi connectivity index (χ1n) is 6.79. The molecule has 0 fully saturated rings. The number of hydrogen-bond donors (Lipinski definition) is 2. The lowest BCUT2D eigenvalue weighted by atomic mass is 10.0. The van der Waals surface area contributed by atoms with E-state index in [1.54, 1.807) is 12.1 Å². The number of pyridine rings is 1. The van der Waals surface area contributed by atoms with Gasteiger partial charge in [0.25, 0.3) is 5.56 Å². The van der Waals surface area contributed by atoms with Gasteiger partial charge in [-0.05, 0) is 29.8 Å². The van der Waals surface area contributed by atoms with E-state index in [-0.39, 0.29) is 11.3 Å². The molecule has 0 bridgehead atoms. The Hall–Kier alpha value is -2.46. The molecule has 3 aromatic rings. The Morgan fingerprint density at radius 3 is 2.41 bits per heavy atom. The first kappa shape index (κ1) is 14.5. The van der Waals surface area contributed by atoms with Crippen molar-refractivity contribution in [2.45, 2.75) is 0 Å². The van der Waals surface area contributed by atoms with Crippen molar-refractivity contribution in [3.8, 4) is 16.9 Å². The normalized spacial score (nSPS) is 10.9. The van der Waals surface area contributed by atoms with Gasteiger partial charge in [0, 0.05) is 36.8 Å². The van der Waals surface area contributed by atoms with Gasteiger partial charge in [0.1, 0.15) is 5.75 Å².